The second-order valence-electron chi connectivity index (χ2n) is 8.00. The molecule has 0 radical (unpaired) electrons. The van der Waals surface area contributed by atoms with Gasteiger partial charge in [0.1, 0.15) is 5.69 Å². The van der Waals surface area contributed by atoms with Gasteiger partial charge in [0.25, 0.3) is 5.91 Å². The molecule has 0 saturated carbocycles. The molecule has 1 N–H and O–H groups in total. The predicted octanol–water partition coefficient (Wildman–Crippen LogP) is 3.82. The lowest BCUT2D eigenvalue weighted by atomic mass is 9.95. The van der Waals surface area contributed by atoms with E-state index in [2.05, 4.69) is 20.5 Å². The Kier molecular flexibility index (Phi) is 5.02. The second kappa shape index (κ2) is 7.78. The van der Waals surface area contributed by atoms with Gasteiger partial charge in [0.05, 0.1) is 35.6 Å². The Labute approximate surface area is 184 Å². The van der Waals surface area contributed by atoms with Crippen LogP contribution in [0.15, 0.2) is 42.9 Å². The Balaban J connectivity index is 1.40. The van der Waals surface area contributed by atoms with Gasteiger partial charge >= 0.3 is 6.18 Å². The topological polar surface area (TPSA) is 75.9 Å². The van der Waals surface area contributed by atoms with Crippen molar-refractivity contribution in [3.05, 3.63) is 65.6 Å². The van der Waals surface area contributed by atoms with Crippen molar-refractivity contribution in [2.24, 2.45) is 0 Å². The number of fused-ring (bicyclic) bond motifs is 2. The van der Waals surface area contributed by atoms with Crippen molar-refractivity contribution in [3.8, 4) is 5.69 Å². The first-order valence-corrected chi connectivity index (χ1v) is 10.2. The van der Waals surface area contributed by atoms with E-state index in [0.717, 1.165) is 4.80 Å². The van der Waals surface area contributed by atoms with Gasteiger partial charge in [-0.2, -0.15) is 23.4 Å². The van der Waals surface area contributed by atoms with Crippen molar-refractivity contribution in [1.82, 2.24) is 24.9 Å². The second-order valence-corrected chi connectivity index (χ2v) is 8.00. The van der Waals surface area contributed by atoms with Gasteiger partial charge in [0.2, 0.25) is 0 Å². The lowest BCUT2D eigenvalue weighted by Gasteiger charge is -2.26. The molecule has 12 heteroatoms. The van der Waals surface area contributed by atoms with Crippen LogP contribution in [-0.2, 0) is 6.18 Å². The number of aromatic nitrogens is 4. The molecular weight excluding hydrogens is 447 g/mol. The average Bonchev–Trinajstić information content (AvgIpc) is 3.50. The predicted molar refractivity (Wildman–Crippen MR) is 106 cm³/mol. The average molecular weight is 464 g/mol. The van der Waals surface area contributed by atoms with Gasteiger partial charge in [-0.25, -0.2) is 13.8 Å². The van der Waals surface area contributed by atoms with E-state index in [9.17, 15) is 26.7 Å². The summed E-state index contributed by atoms with van der Waals surface area (Å²) < 4.78 is 67.2. The van der Waals surface area contributed by atoms with Crippen molar-refractivity contribution < 1.29 is 26.7 Å². The van der Waals surface area contributed by atoms with Crippen LogP contribution in [-0.4, -0.2) is 48.9 Å². The summed E-state index contributed by atoms with van der Waals surface area (Å²) in [6.45, 7) is 0. The van der Waals surface area contributed by atoms with Gasteiger partial charge in [0.15, 0.2) is 17.5 Å². The largest absolute Gasteiger partial charge is 0.417 e. The maximum absolute atomic E-state index is 14.6. The van der Waals surface area contributed by atoms with E-state index in [1.54, 1.807) is 4.90 Å². The summed E-state index contributed by atoms with van der Waals surface area (Å²) >= 11 is 0. The number of carbonyl (C=O) groups excluding carboxylic acids is 1. The summed E-state index contributed by atoms with van der Waals surface area (Å²) in [7, 11) is 0. The van der Waals surface area contributed by atoms with E-state index < -0.39 is 35.3 Å². The summed E-state index contributed by atoms with van der Waals surface area (Å²) in [6.07, 6.45) is 0.385. The van der Waals surface area contributed by atoms with Crippen LogP contribution in [0.5, 0.6) is 0 Å². The molecule has 4 heterocycles. The number of carbonyl (C=O) groups is 1. The first-order valence-electron chi connectivity index (χ1n) is 10.2. The van der Waals surface area contributed by atoms with Crippen LogP contribution < -0.4 is 5.32 Å². The van der Waals surface area contributed by atoms with Crippen LogP contribution in [0.3, 0.4) is 0 Å². The third kappa shape index (κ3) is 3.68. The molecule has 3 atom stereocenters. The molecule has 0 aliphatic carbocycles. The van der Waals surface area contributed by atoms with Crippen LogP contribution in [0.4, 0.5) is 27.8 Å². The summed E-state index contributed by atoms with van der Waals surface area (Å²) in [5.41, 5.74) is -1.16. The van der Waals surface area contributed by atoms with E-state index in [1.165, 1.54) is 30.6 Å². The zero-order valence-electron chi connectivity index (χ0n) is 16.9. The molecule has 2 aliphatic rings. The summed E-state index contributed by atoms with van der Waals surface area (Å²) in [6, 6.07) is 3.56. The van der Waals surface area contributed by atoms with E-state index in [0.29, 0.717) is 31.5 Å². The van der Waals surface area contributed by atoms with E-state index >= 15 is 0 Å². The van der Waals surface area contributed by atoms with Crippen molar-refractivity contribution >= 4 is 11.7 Å². The molecule has 2 aliphatic heterocycles. The molecule has 0 unspecified atom stereocenters. The number of para-hydroxylation sites is 1. The SMILES string of the molecule is O=C(c1cccc(F)c1-n1nccn1)N1[C@@H]2CC[C@H]1[C@H](Nc1ncc(C(F)(F)F)cc1F)C2. The lowest BCUT2D eigenvalue weighted by Crippen LogP contribution is -2.40. The molecule has 172 valence electrons. The molecule has 1 aromatic carbocycles. The zero-order valence-corrected chi connectivity index (χ0v) is 16.9. The standard InChI is InChI=1S/C21H17F5N6O/c22-14-3-1-2-13(18(14)32-28-6-7-29-32)20(33)31-12-4-5-17(31)16(9-12)30-19-15(23)8-11(10-27-19)21(24,25)26/h1-3,6-8,10,12,16-17H,4-5,9H2,(H,27,30)/t12-,16-,17+/m1/s1. The van der Waals surface area contributed by atoms with E-state index in [1.807, 2.05) is 0 Å². The fourth-order valence-corrected chi connectivity index (χ4v) is 4.70. The Morgan fingerprint density at radius 3 is 2.55 bits per heavy atom. The third-order valence-electron chi connectivity index (χ3n) is 6.10. The molecule has 2 fully saturated rings. The Bertz CT molecular complexity index is 1200. The first kappa shape index (κ1) is 21.3. The van der Waals surface area contributed by atoms with Gasteiger partial charge in [-0.1, -0.05) is 6.07 Å². The monoisotopic (exact) mass is 464 g/mol. The van der Waals surface area contributed by atoms with Crippen LogP contribution in [0.25, 0.3) is 5.69 Å². The number of hydrogen-bond donors (Lipinski definition) is 1. The van der Waals surface area contributed by atoms with Crippen molar-refractivity contribution in [1.29, 1.82) is 0 Å². The summed E-state index contributed by atoms with van der Waals surface area (Å²) in [5.74, 6) is -2.50. The van der Waals surface area contributed by atoms with Gasteiger partial charge in [0, 0.05) is 12.2 Å². The van der Waals surface area contributed by atoms with Crippen LogP contribution in [0.1, 0.15) is 35.2 Å². The van der Waals surface area contributed by atoms with Gasteiger partial charge in [-0.15, -0.1) is 4.80 Å². The fourth-order valence-electron chi connectivity index (χ4n) is 4.70. The third-order valence-corrected chi connectivity index (χ3v) is 6.10. The Morgan fingerprint density at radius 1 is 1.09 bits per heavy atom. The minimum Gasteiger partial charge on any atom is -0.363 e. The Morgan fingerprint density at radius 2 is 1.85 bits per heavy atom. The fraction of sp³-hybridized carbons (Fsp3) is 0.333. The molecule has 2 aromatic heterocycles. The van der Waals surface area contributed by atoms with Crippen LogP contribution in [0, 0.1) is 11.6 Å². The summed E-state index contributed by atoms with van der Waals surface area (Å²) in [5, 5.41) is 10.7. The number of nitrogens with one attached hydrogen (secondary N) is 1. The number of halogens is 5. The molecule has 7 nitrogen and oxygen atoms in total. The molecule has 2 saturated heterocycles. The number of alkyl halides is 3. The van der Waals surface area contributed by atoms with Gasteiger partial charge < -0.3 is 10.2 Å². The number of rotatable bonds is 4. The van der Waals surface area contributed by atoms with Crippen molar-refractivity contribution in [2.45, 2.75) is 43.6 Å². The van der Waals surface area contributed by atoms with E-state index in [4.69, 9.17) is 0 Å². The van der Waals surface area contributed by atoms with Crippen molar-refractivity contribution in [3.63, 3.8) is 0 Å². The lowest BCUT2D eigenvalue weighted by molar-refractivity contribution is -0.138. The number of amides is 1. The number of nitrogens with zero attached hydrogens (tertiary/aromatic N) is 5. The normalized spacial score (nSPS) is 22.1. The molecule has 1 amide bonds. The smallest absolute Gasteiger partial charge is 0.363 e. The number of benzene rings is 1. The highest BCUT2D eigenvalue weighted by molar-refractivity contribution is 5.98. The van der Waals surface area contributed by atoms with Crippen LogP contribution in [0.2, 0.25) is 0 Å². The minimum absolute atomic E-state index is 0.0706. The summed E-state index contributed by atoms with van der Waals surface area (Å²) in [4.78, 5) is 19.7. The minimum atomic E-state index is -4.70. The molecule has 3 aromatic rings. The Hall–Kier alpha value is -3.57. The molecule has 0 spiro atoms. The van der Waals surface area contributed by atoms with E-state index in [-0.39, 0.29) is 29.2 Å². The highest BCUT2D eigenvalue weighted by atomic mass is 19.4. The maximum atomic E-state index is 14.6. The van der Waals surface area contributed by atoms with Crippen LogP contribution >= 0.6 is 0 Å². The van der Waals surface area contributed by atoms with Gasteiger partial charge in [-0.05, 0) is 37.5 Å². The number of pyridine rings is 1. The molecule has 2 bridgehead atoms. The van der Waals surface area contributed by atoms with Crippen molar-refractivity contribution in [2.75, 3.05) is 5.32 Å². The molecule has 33 heavy (non-hydrogen) atoms. The zero-order chi connectivity index (χ0) is 23.3. The maximum Gasteiger partial charge on any atom is 0.417 e. The van der Waals surface area contributed by atoms with Gasteiger partial charge in [-0.3, -0.25) is 4.79 Å². The molecular formula is C21H17F5N6O. The highest BCUT2D eigenvalue weighted by Gasteiger charge is 2.49. The quantitative estimate of drug-likeness (QED) is 0.595. The molecule has 5 rings (SSSR count). The highest BCUT2D eigenvalue weighted by Crippen LogP contribution is 2.41. The number of hydrogen-bond acceptors (Lipinski definition) is 5. The number of anilines is 1. The first-order chi connectivity index (χ1) is 15.7.